The zero-order valence-electron chi connectivity index (χ0n) is 8.86. The van der Waals surface area contributed by atoms with E-state index in [-0.39, 0.29) is 25.3 Å². The Morgan fingerprint density at radius 3 is 2.82 bits per heavy atom. The minimum Gasteiger partial charge on any atom is -0.480 e. The summed E-state index contributed by atoms with van der Waals surface area (Å²) in [5, 5.41) is 8.92. The average Bonchev–Trinajstić information content (AvgIpc) is 2.62. The Hall–Kier alpha value is -1.76. The number of hydrogen-bond donors (Lipinski definition) is 2. The summed E-state index contributed by atoms with van der Waals surface area (Å²) < 4.78 is 26.1. The Balaban J connectivity index is 2.24. The van der Waals surface area contributed by atoms with Gasteiger partial charge in [-0.25, -0.2) is 13.8 Å². The van der Waals surface area contributed by atoms with E-state index >= 15 is 0 Å². The third kappa shape index (κ3) is 2.05. The normalized spacial score (nSPS) is 24.1. The Morgan fingerprint density at radius 2 is 2.29 bits per heavy atom. The van der Waals surface area contributed by atoms with Gasteiger partial charge >= 0.3 is 5.97 Å². The molecule has 0 spiro atoms. The van der Waals surface area contributed by atoms with Gasteiger partial charge in [0.25, 0.3) is 0 Å². The molecule has 1 atom stereocenters. The van der Waals surface area contributed by atoms with E-state index in [9.17, 15) is 13.6 Å². The average molecular weight is 243 g/mol. The van der Waals surface area contributed by atoms with Crippen molar-refractivity contribution in [1.82, 2.24) is 4.98 Å². The van der Waals surface area contributed by atoms with Crippen LogP contribution in [0.15, 0.2) is 12.3 Å². The van der Waals surface area contributed by atoms with Crippen molar-refractivity contribution in [3.05, 3.63) is 23.9 Å². The van der Waals surface area contributed by atoms with Crippen LogP contribution in [0.2, 0.25) is 0 Å². The van der Waals surface area contributed by atoms with Gasteiger partial charge in [0.1, 0.15) is 11.4 Å². The molecule has 1 unspecified atom stereocenters. The smallest absolute Gasteiger partial charge is 0.325 e. The van der Waals surface area contributed by atoms with E-state index in [1.807, 2.05) is 0 Å². The number of pyridine rings is 1. The zero-order chi connectivity index (χ0) is 12.6. The van der Waals surface area contributed by atoms with Crippen LogP contribution >= 0.6 is 0 Å². The molecule has 0 amide bonds. The molecule has 3 N–H and O–H groups in total. The van der Waals surface area contributed by atoms with Crippen LogP contribution in [-0.2, 0) is 4.79 Å². The SMILES string of the molecule is NC1(C(=O)O)CCN(c2ncc(F)cc2F)C1. The highest BCUT2D eigenvalue weighted by atomic mass is 19.1. The van der Waals surface area contributed by atoms with E-state index < -0.39 is 23.1 Å². The molecule has 92 valence electrons. The first kappa shape index (κ1) is 11.7. The van der Waals surface area contributed by atoms with Crippen LogP contribution in [0.25, 0.3) is 0 Å². The Labute approximate surface area is 95.9 Å². The standard InChI is InChI=1S/C10H11F2N3O2/c11-6-3-7(12)8(14-4-6)15-2-1-10(13,5-15)9(16)17/h3-4H,1-2,5,13H2,(H,16,17). The van der Waals surface area contributed by atoms with E-state index in [2.05, 4.69) is 4.98 Å². The van der Waals surface area contributed by atoms with Crippen molar-refractivity contribution in [2.75, 3.05) is 18.0 Å². The summed E-state index contributed by atoms with van der Waals surface area (Å²) in [5.74, 6) is -2.80. The first-order valence-electron chi connectivity index (χ1n) is 5.01. The largest absolute Gasteiger partial charge is 0.480 e. The molecule has 2 rings (SSSR count). The zero-order valence-corrected chi connectivity index (χ0v) is 8.86. The predicted octanol–water partition coefficient (Wildman–Crippen LogP) is 0.352. The highest BCUT2D eigenvalue weighted by Gasteiger charge is 2.42. The summed E-state index contributed by atoms with van der Waals surface area (Å²) in [6, 6.07) is 0.708. The van der Waals surface area contributed by atoms with Crippen molar-refractivity contribution in [3.8, 4) is 0 Å². The van der Waals surface area contributed by atoms with Crippen LogP contribution < -0.4 is 10.6 Å². The Kier molecular flexibility index (Phi) is 2.70. The highest BCUT2D eigenvalue weighted by Crippen LogP contribution is 2.26. The topological polar surface area (TPSA) is 79.5 Å². The molecule has 1 aliphatic rings. The number of halogens is 2. The molecular weight excluding hydrogens is 232 g/mol. The number of hydrogen-bond acceptors (Lipinski definition) is 4. The van der Waals surface area contributed by atoms with Crippen molar-refractivity contribution >= 4 is 11.8 Å². The van der Waals surface area contributed by atoms with Crippen molar-refractivity contribution in [3.63, 3.8) is 0 Å². The predicted molar refractivity (Wildman–Crippen MR) is 55.5 cm³/mol. The summed E-state index contributed by atoms with van der Waals surface area (Å²) in [4.78, 5) is 15.9. The monoisotopic (exact) mass is 243 g/mol. The lowest BCUT2D eigenvalue weighted by Gasteiger charge is -2.21. The quantitative estimate of drug-likeness (QED) is 0.783. The third-order valence-electron chi connectivity index (χ3n) is 2.81. The second-order valence-electron chi connectivity index (χ2n) is 4.09. The fourth-order valence-electron chi connectivity index (χ4n) is 1.83. The lowest BCUT2D eigenvalue weighted by Crippen LogP contribution is -2.50. The van der Waals surface area contributed by atoms with Crippen molar-refractivity contribution in [2.45, 2.75) is 12.0 Å². The van der Waals surface area contributed by atoms with Crippen molar-refractivity contribution in [1.29, 1.82) is 0 Å². The van der Waals surface area contributed by atoms with E-state index in [1.54, 1.807) is 0 Å². The van der Waals surface area contributed by atoms with Gasteiger partial charge < -0.3 is 15.7 Å². The fourth-order valence-corrected chi connectivity index (χ4v) is 1.83. The van der Waals surface area contributed by atoms with Gasteiger partial charge in [0.2, 0.25) is 0 Å². The van der Waals surface area contributed by atoms with Crippen LogP contribution in [0, 0.1) is 11.6 Å². The first-order chi connectivity index (χ1) is 7.92. The number of carboxylic acids is 1. The molecule has 17 heavy (non-hydrogen) atoms. The summed E-state index contributed by atoms with van der Waals surface area (Å²) in [7, 11) is 0. The van der Waals surface area contributed by atoms with Gasteiger partial charge in [-0.05, 0) is 6.42 Å². The molecular formula is C10H11F2N3O2. The third-order valence-corrected chi connectivity index (χ3v) is 2.81. The van der Waals surface area contributed by atoms with Crippen molar-refractivity contribution in [2.24, 2.45) is 5.73 Å². The van der Waals surface area contributed by atoms with Gasteiger partial charge in [-0.15, -0.1) is 0 Å². The number of nitrogens with two attached hydrogens (primary N) is 1. The maximum atomic E-state index is 13.4. The number of anilines is 1. The molecule has 0 aromatic carbocycles. The maximum absolute atomic E-state index is 13.4. The molecule has 7 heteroatoms. The molecule has 1 fully saturated rings. The molecule has 1 saturated heterocycles. The van der Waals surface area contributed by atoms with Crippen LogP contribution in [0.1, 0.15) is 6.42 Å². The number of aromatic nitrogens is 1. The molecule has 5 nitrogen and oxygen atoms in total. The van der Waals surface area contributed by atoms with Crippen LogP contribution in [-0.4, -0.2) is 34.7 Å². The number of carboxylic acid groups (broad SMARTS) is 1. The van der Waals surface area contributed by atoms with Gasteiger partial charge in [0.15, 0.2) is 11.6 Å². The van der Waals surface area contributed by atoms with Crippen LogP contribution in [0.5, 0.6) is 0 Å². The minimum atomic E-state index is -1.40. The summed E-state index contributed by atoms with van der Waals surface area (Å²) in [6.07, 6.45) is 1.08. The molecule has 1 aromatic heterocycles. The molecule has 0 radical (unpaired) electrons. The molecule has 1 aliphatic heterocycles. The van der Waals surface area contributed by atoms with Gasteiger partial charge in [0.05, 0.1) is 6.20 Å². The van der Waals surface area contributed by atoms with E-state index in [0.29, 0.717) is 6.07 Å². The second-order valence-corrected chi connectivity index (χ2v) is 4.09. The Bertz CT molecular complexity index is 469. The molecule has 1 aromatic rings. The summed E-state index contributed by atoms with van der Waals surface area (Å²) >= 11 is 0. The van der Waals surface area contributed by atoms with E-state index in [0.717, 1.165) is 6.20 Å². The van der Waals surface area contributed by atoms with Gasteiger partial charge in [-0.1, -0.05) is 0 Å². The lowest BCUT2D eigenvalue weighted by atomic mass is 10.0. The molecule has 2 heterocycles. The molecule has 0 aliphatic carbocycles. The molecule has 0 saturated carbocycles. The fraction of sp³-hybridized carbons (Fsp3) is 0.400. The van der Waals surface area contributed by atoms with Crippen molar-refractivity contribution < 1.29 is 18.7 Å². The maximum Gasteiger partial charge on any atom is 0.325 e. The Morgan fingerprint density at radius 1 is 1.59 bits per heavy atom. The van der Waals surface area contributed by atoms with Gasteiger partial charge in [-0.3, -0.25) is 4.79 Å². The van der Waals surface area contributed by atoms with Crippen LogP contribution in [0.4, 0.5) is 14.6 Å². The summed E-state index contributed by atoms with van der Waals surface area (Å²) in [5.41, 5.74) is 4.24. The number of aliphatic carboxylic acids is 1. The first-order valence-corrected chi connectivity index (χ1v) is 5.01. The second kappa shape index (κ2) is 3.92. The lowest BCUT2D eigenvalue weighted by molar-refractivity contribution is -0.142. The molecule has 0 bridgehead atoms. The van der Waals surface area contributed by atoms with E-state index in [1.165, 1.54) is 4.90 Å². The van der Waals surface area contributed by atoms with Gasteiger partial charge in [-0.2, -0.15) is 0 Å². The highest BCUT2D eigenvalue weighted by molar-refractivity contribution is 5.80. The number of rotatable bonds is 2. The minimum absolute atomic E-state index is 0.0438. The number of carbonyl (C=O) groups is 1. The summed E-state index contributed by atoms with van der Waals surface area (Å²) in [6.45, 7) is 0.232. The van der Waals surface area contributed by atoms with E-state index in [4.69, 9.17) is 10.8 Å². The van der Waals surface area contributed by atoms with Crippen LogP contribution in [0.3, 0.4) is 0 Å². The van der Waals surface area contributed by atoms with Gasteiger partial charge in [0, 0.05) is 19.2 Å². The number of nitrogens with zero attached hydrogens (tertiary/aromatic N) is 2.